The zero-order valence-corrected chi connectivity index (χ0v) is 11.6. The van der Waals surface area contributed by atoms with Crippen molar-refractivity contribution < 1.29 is 14.7 Å². The minimum atomic E-state index is -0.993. The van der Waals surface area contributed by atoms with Crippen LogP contribution < -0.4 is 5.32 Å². The first-order valence-corrected chi connectivity index (χ1v) is 6.40. The largest absolute Gasteiger partial charge is 0.478 e. The number of rotatable bonds is 4. The van der Waals surface area contributed by atoms with Crippen molar-refractivity contribution in [2.24, 2.45) is 0 Å². The van der Waals surface area contributed by atoms with Crippen molar-refractivity contribution in [1.29, 1.82) is 0 Å². The van der Waals surface area contributed by atoms with Crippen LogP contribution in [0.15, 0.2) is 24.5 Å². The summed E-state index contributed by atoms with van der Waals surface area (Å²) in [5, 5.41) is 11.8. The van der Waals surface area contributed by atoms with Crippen LogP contribution in [0.5, 0.6) is 0 Å². The van der Waals surface area contributed by atoms with Crippen molar-refractivity contribution >= 4 is 22.9 Å². The van der Waals surface area contributed by atoms with Crippen LogP contribution in [-0.2, 0) is 4.79 Å². The summed E-state index contributed by atoms with van der Waals surface area (Å²) in [6.07, 6.45) is 1.56. The number of carbonyl (C=O) groups is 2. The van der Waals surface area contributed by atoms with Crippen LogP contribution in [0.3, 0.4) is 0 Å². The predicted molar refractivity (Wildman–Crippen MR) is 74.7 cm³/mol. The van der Waals surface area contributed by atoms with Crippen molar-refractivity contribution in [3.8, 4) is 0 Å². The van der Waals surface area contributed by atoms with E-state index < -0.39 is 12.0 Å². The van der Waals surface area contributed by atoms with Crippen molar-refractivity contribution in [3.63, 3.8) is 0 Å². The molecule has 0 saturated heterocycles. The minimum Gasteiger partial charge on any atom is -0.478 e. The zero-order chi connectivity index (χ0) is 14.9. The second kappa shape index (κ2) is 5.32. The van der Waals surface area contributed by atoms with E-state index >= 15 is 0 Å². The van der Waals surface area contributed by atoms with Gasteiger partial charge in [0.15, 0.2) is 0 Å². The highest BCUT2D eigenvalue weighted by Gasteiger charge is 2.18. The van der Waals surface area contributed by atoms with Crippen molar-refractivity contribution in [1.82, 2.24) is 14.9 Å². The van der Waals surface area contributed by atoms with E-state index in [9.17, 15) is 9.59 Å². The maximum absolute atomic E-state index is 12.0. The van der Waals surface area contributed by atoms with Crippen molar-refractivity contribution in [2.45, 2.75) is 32.9 Å². The molecule has 1 aromatic heterocycles. The number of hydrogen-bond donors (Lipinski definition) is 2. The maximum atomic E-state index is 12.0. The molecule has 2 N–H and O–H groups in total. The quantitative estimate of drug-likeness (QED) is 0.891. The van der Waals surface area contributed by atoms with E-state index in [4.69, 9.17) is 5.11 Å². The van der Waals surface area contributed by atoms with E-state index in [1.165, 1.54) is 12.1 Å². The Labute approximate surface area is 116 Å². The van der Waals surface area contributed by atoms with Gasteiger partial charge < -0.3 is 15.0 Å². The third-order valence-corrected chi connectivity index (χ3v) is 3.05. The number of nitrogens with one attached hydrogen (secondary N) is 1. The molecule has 0 spiro atoms. The van der Waals surface area contributed by atoms with E-state index in [0.29, 0.717) is 5.52 Å². The number of carboxylic acids is 1. The lowest BCUT2D eigenvalue weighted by Crippen LogP contribution is -2.35. The van der Waals surface area contributed by atoms with Gasteiger partial charge in [-0.15, -0.1) is 0 Å². The second-order valence-corrected chi connectivity index (χ2v) is 5.00. The Bertz CT molecular complexity index is 661. The minimum absolute atomic E-state index is 0.0679. The average molecular weight is 275 g/mol. The van der Waals surface area contributed by atoms with Gasteiger partial charge in [0.25, 0.3) is 0 Å². The molecule has 1 atom stereocenters. The lowest BCUT2D eigenvalue weighted by molar-refractivity contribution is -0.124. The van der Waals surface area contributed by atoms with Crippen molar-refractivity contribution in [3.05, 3.63) is 30.1 Å². The monoisotopic (exact) mass is 275 g/mol. The topological polar surface area (TPSA) is 84.2 Å². The van der Waals surface area contributed by atoms with Gasteiger partial charge in [0.1, 0.15) is 6.04 Å². The Morgan fingerprint density at radius 2 is 2.00 bits per heavy atom. The third-order valence-electron chi connectivity index (χ3n) is 3.05. The maximum Gasteiger partial charge on any atom is 0.335 e. The summed E-state index contributed by atoms with van der Waals surface area (Å²) in [5.41, 5.74) is 1.48. The average Bonchev–Trinajstić information content (AvgIpc) is 2.79. The number of carboxylic acid groups (broad SMARTS) is 1. The number of benzene rings is 1. The van der Waals surface area contributed by atoms with E-state index in [1.54, 1.807) is 23.9 Å². The van der Waals surface area contributed by atoms with Crippen LogP contribution in [0.1, 0.15) is 37.2 Å². The SMILES string of the molecule is CC(C)NC(=O)C(C)n1cnc2cc(C(=O)O)ccc21. The summed E-state index contributed by atoms with van der Waals surface area (Å²) in [4.78, 5) is 27.1. The lowest BCUT2D eigenvalue weighted by atomic mass is 10.2. The highest BCUT2D eigenvalue weighted by Crippen LogP contribution is 2.19. The van der Waals surface area contributed by atoms with Crippen LogP contribution >= 0.6 is 0 Å². The van der Waals surface area contributed by atoms with Crippen LogP contribution in [0.25, 0.3) is 11.0 Å². The molecule has 0 fully saturated rings. The summed E-state index contributed by atoms with van der Waals surface area (Å²) in [6.45, 7) is 5.58. The highest BCUT2D eigenvalue weighted by atomic mass is 16.4. The molecule has 0 saturated carbocycles. The molecule has 1 unspecified atom stereocenters. The predicted octanol–water partition coefficient (Wildman–Crippen LogP) is 1.82. The molecule has 0 radical (unpaired) electrons. The van der Waals surface area contributed by atoms with Gasteiger partial charge in [-0.2, -0.15) is 0 Å². The molecule has 2 aromatic rings. The summed E-state index contributed by atoms with van der Waals surface area (Å²) < 4.78 is 1.73. The number of carbonyl (C=O) groups excluding carboxylic acids is 1. The number of imidazole rings is 1. The van der Waals surface area contributed by atoms with Gasteiger partial charge in [0, 0.05) is 6.04 Å². The van der Waals surface area contributed by atoms with E-state index in [1.807, 2.05) is 13.8 Å². The van der Waals surface area contributed by atoms with E-state index in [0.717, 1.165) is 5.52 Å². The smallest absolute Gasteiger partial charge is 0.335 e. The first kappa shape index (κ1) is 14.0. The first-order chi connectivity index (χ1) is 9.40. The molecule has 6 nitrogen and oxygen atoms in total. The Balaban J connectivity index is 2.36. The van der Waals surface area contributed by atoms with Gasteiger partial charge in [-0.3, -0.25) is 4.79 Å². The van der Waals surface area contributed by atoms with Crippen LogP contribution in [-0.4, -0.2) is 32.6 Å². The lowest BCUT2D eigenvalue weighted by Gasteiger charge is -2.16. The summed E-state index contributed by atoms with van der Waals surface area (Å²) in [5.74, 6) is -1.09. The van der Waals surface area contributed by atoms with Gasteiger partial charge in [0.2, 0.25) is 5.91 Å². The third kappa shape index (κ3) is 2.64. The number of aromatic carboxylic acids is 1. The Morgan fingerprint density at radius 3 is 2.60 bits per heavy atom. The first-order valence-electron chi connectivity index (χ1n) is 6.40. The molecule has 0 bridgehead atoms. The standard InChI is InChI=1S/C14H17N3O3/c1-8(2)16-13(18)9(3)17-7-15-11-6-10(14(19)20)4-5-12(11)17/h4-9H,1-3H3,(H,16,18)(H,19,20). The van der Waals surface area contributed by atoms with Gasteiger partial charge in [-0.25, -0.2) is 9.78 Å². The molecule has 2 rings (SSSR count). The summed E-state index contributed by atoms with van der Waals surface area (Å²) in [7, 11) is 0. The van der Waals surface area contributed by atoms with E-state index in [2.05, 4.69) is 10.3 Å². The van der Waals surface area contributed by atoms with Crippen LogP contribution in [0, 0.1) is 0 Å². The van der Waals surface area contributed by atoms with Crippen LogP contribution in [0.2, 0.25) is 0 Å². The van der Waals surface area contributed by atoms with Crippen molar-refractivity contribution in [2.75, 3.05) is 0 Å². The normalized spacial score (nSPS) is 12.6. The molecule has 0 aliphatic heterocycles. The molecular weight excluding hydrogens is 258 g/mol. The molecular formula is C14H17N3O3. The molecule has 1 aromatic carbocycles. The number of hydrogen-bond acceptors (Lipinski definition) is 3. The second-order valence-electron chi connectivity index (χ2n) is 5.00. The Hall–Kier alpha value is -2.37. The molecule has 20 heavy (non-hydrogen) atoms. The molecule has 106 valence electrons. The Kier molecular flexibility index (Phi) is 3.74. The van der Waals surface area contributed by atoms with Gasteiger partial charge in [-0.05, 0) is 39.0 Å². The molecule has 1 amide bonds. The molecule has 6 heteroatoms. The molecule has 1 heterocycles. The fourth-order valence-electron chi connectivity index (χ4n) is 2.00. The summed E-state index contributed by atoms with van der Waals surface area (Å²) in [6, 6.07) is 4.35. The van der Waals surface area contributed by atoms with Gasteiger partial charge in [0.05, 0.1) is 22.9 Å². The van der Waals surface area contributed by atoms with Gasteiger partial charge in [-0.1, -0.05) is 0 Å². The molecule has 0 aliphatic carbocycles. The fourth-order valence-corrected chi connectivity index (χ4v) is 2.00. The highest BCUT2D eigenvalue weighted by molar-refractivity contribution is 5.92. The number of nitrogens with zero attached hydrogens (tertiary/aromatic N) is 2. The van der Waals surface area contributed by atoms with Crippen LogP contribution in [0.4, 0.5) is 0 Å². The van der Waals surface area contributed by atoms with E-state index in [-0.39, 0.29) is 17.5 Å². The number of fused-ring (bicyclic) bond motifs is 1. The van der Waals surface area contributed by atoms with Gasteiger partial charge >= 0.3 is 5.97 Å². The number of aromatic nitrogens is 2. The zero-order valence-electron chi connectivity index (χ0n) is 11.6. The molecule has 0 aliphatic rings. The Morgan fingerprint density at radius 1 is 1.30 bits per heavy atom. The summed E-state index contributed by atoms with van der Waals surface area (Å²) >= 11 is 0. The fraction of sp³-hybridized carbons (Fsp3) is 0.357. The number of amides is 1.